The average Bonchev–Trinajstić information content (AvgIpc) is 1.94. The second-order valence-electron chi connectivity index (χ2n) is 1.78. The number of hydrogen-bond acceptors (Lipinski definition) is 0. The molecule has 58 valence electrons. The molecule has 2 radical (unpaired) electrons. The van der Waals surface area contributed by atoms with Gasteiger partial charge in [0.2, 0.25) is 0 Å². The maximum Gasteiger partial charge on any atom is -0.00996 e. The van der Waals surface area contributed by atoms with Gasteiger partial charge in [0.1, 0.15) is 0 Å². The second kappa shape index (κ2) is 8.44. The monoisotopic (exact) mass is 140 g/mol. The summed E-state index contributed by atoms with van der Waals surface area (Å²) in [6.07, 6.45) is 9.67. The van der Waals surface area contributed by atoms with Crippen LogP contribution in [0.3, 0.4) is 0 Å². The van der Waals surface area contributed by atoms with Crippen LogP contribution < -0.4 is 0 Å². The Morgan fingerprint density at radius 3 is 2.10 bits per heavy atom. The van der Waals surface area contributed by atoms with E-state index < -0.39 is 0 Å². The summed E-state index contributed by atoms with van der Waals surface area (Å²) >= 11 is 0. The molecule has 0 aromatic rings. The topological polar surface area (TPSA) is 30.0 Å². The van der Waals surface area contributed by atoms with Crippen molar-refractivity contribution in [1.29, 1.82) is 0 Å². The molecule has 10 heavy (non-hydrogen) atoms. The van der Waals surface area contributed by atoms with Gasteiger partial charge in [-0.3, -0.25) is 5.48 Å². The summed E-state index contributed by atoms with van der Waals surface area (Å²) in [6.45, 7) is 6.11. The molecule has 0 saturated heterocycles. The summed E-state index contributed by atoms with van der Waals surface area (Å²) in [4.78, 5) is 0. The molecule has 0 aliphatic heterocycles. The molecule has 1 heteroatoms. The molecule has 0 spiro atoms. The fourth-order valence-electron chi connectivity index (χ4n) is 0.620. The minimum atomic E-state index is 0. The van der Waals surface area contributed by atoms with Crippen molar-refractivity contribution in [2.24, 2.45) is 0 Å². The maximum atomic E-state index is 2.21. The van der Waals surface area contributed by atoms with E-state index in [0.29, 0.717) is 0 Å². The minimum Gasteiger partial charge on any atom is -0.255 e. The third-order valence-corrected chi connectivity index (χ3v) is 1.07. The lowest BCUT2D eigenvalue weighted by Crippen LogP contribution is -1.79. The first-order valence-electron chi connectivity index (χ1n) is 3.56. The van der Waals surface area contributed by atoms with Gasteiger partial charge in [0.05, 0.1) is 0 Å². The molecule has 0 aromatic heterocycles. The van der Waals surface area contributed by atoms with Crippen LogP contribution >= 0.6 is 0 Å². The molecule has 1 N–H and O–H groups in total. The molecule has 0 fully saturated rings. The van der Waals surface area contributed by atoms with Gasteiger partial charge in [-0.05, 0) is 19.8 Å². The van der Waals surface area contributed by atoms with Crippen LogP contribution in [-0.2, 0) is 0 Å². The summed E-state index contributed by atoms with van der Waals surface area (Å²) < 4.78 is 0. The molecule has 0 atom stereocenters. The Labute approximate surface area is 63.8 Å². The smallest absolute Gasteiger partial charge is 0.00996 e. The van der Waals surface area contributed by atoms with Crippen molar-refractivity contribution in [2.45, 2.75) is 27.2 Å². The van der Waals surface area contributed by atoms with E-state index in [1.165, 1.54) is 5.57 Å². The molecule has 0 unspecified atom stereocenters. The summed E-state index contributed by atoms with van der Waals surface area (Å²) in [7, 11) is 0. The second-order valence-corrected chi connectivity index (χ2v) is 1.78. The molecule has 1 rings (SSSR count). The molecule has 1 aliphatic carbocycles. The van der Waals surface area contributed by atoms with Crippen LogP contribution in [0.15, 0.2) is 23.8 Å². The fraction of sp³-hybridized carbons (Fsp3) is 0.444. The van der Waals surface area contributed by atoms with Gasteiger partial charge in [-0.25, -0.2) is 0 Å². The van der Waals surface area contributed by atoms with Crippen molar-refractivity contribution in [1.82, 2.24) is 0 Å². The fourth-order valence-corrected chi connectivity index (χ4v) is 0.620. The van der Waals surface area contributed by atoms with Crippen LogP contribution in [0, 0.1) is 6.42 Å². The molecule has 0 saturated carbocycles. The molecular weight excluding hydrogens is 124 g/mol. The van der Waals surface area contributed by atoms with Gasteiger partial charge in [0.15, 0.2) is 0 Å². The first kappa shape index (κ1) is 12.1. The number of rotatable bonds is 0. The van der Waals surface area contributed by atoms with Gasteiger partial charge in [-0.1, -0.05) is 37.6 Å². The molecular formula is C9H16O. The Balaban J connectivity index is 0. The van der Waals surface area contributed by atoms with Crippen LogP contribution in [-0.4, -0.2) is 5.48 Å². The highest BCUT2D eigenvalue weighted by Crippen LogP contribution is 2.07. The lowest BCUT2D eigenvalue weighted by atomic mass is 10.1. The summed E-state index contributed by atoms with van der Waals surface area (Å²) in [5, 5.41) is 0. The molecule has 0 aromatic carbocycles. The zero-order valence-electron chi connectivity index (χ0n) is 6.96. The zero-order chi connectivity index (χ0) is 7.11. The Hall–Kier alpha value is -0.560. The molecule has 0 heterocycles. The van der Waals surface area contributed by atoms with Gasteiger partial charge in [-0.2, -0.15) is 0 Å². The van der Waals surface area contributed by atoms with Gasteiger partial charge in [0.25, 0.3) is 0 Å². The third-order valence-electron chi connectivity index (χ3n) is 1.07. The van der Waals surface area contributed by atoms with Gasteiger partial charge >= 0.3 is 0 Å². The van der Waals surface area contributed by atoms with Crippen LogP contribution in [0.25, 0.3) is 0 Å². The van der Waals surface area contributed by atoms with Gasteiger partial charge in [0, 0.05) is 0 Å². The van der Waals surface area contributed by atoms with Gasteiger partial charge in [-0.15, -0.1) is 0 Å². The SMILES string of the molecule is CC.CC1=CC=CC[CH]1.[OH]. The van der Waals surface area contributed by atoms with Crippen molar-refractivity contribution in [3.8, 4) is 0 Å². The van der Waals surface area contributed by atoms with E-state index in [-0.39, 0.29) is 5.48 Å². The minimum absolute atomic E-state index is 0. The highest BCUT2D eigenvalue weighted by atomic mass is 16.0. The summed E-state index contributed by atoms with van der Waals surface area (Å²) in [5.74, 6) is 0. The van der Waals surface area contributed by atoms with Crippen LogP contribution in [0.5, 0.6) is 0 Å². The van der Waals surface area contributed by atoms with E-state index in [9.17, 15) is 0 Å². The first-order valence-corrected chi connectivity index (χ1v) is 3.56. The first-order chi connectivity index (χ1) is 4.39. The predicted molar refractivity (Wildman–Crippen MR) is 45.1 cm³/mol. The lowest BCUT2D eigenvalue weighted by Gasteiger charge is -1.98. The maximum absolute atomic E-state index is 2.21. The van der Waals surface area contributed by atoms with Crippen molar-refractivity contribution < 1.29 is 5.48 Å². The average molecular weight is 140 g/mol. The zero-order valence-corrected chi connectivity index (χ0v) is 6.96. The van der Waals surface area contributed by atoms with E-state index in [4.69, 9.17) is 0 Å². The van der Waals surface area contributed by atoms with Gasteiger partial charge < -0.3 is 0 Å². The Bertz CT molecular complexity index is 112. The van der Waals surface area contributed by atoms with E-state index in [0.717, 1.165) is 6.42 Å². The Morgan fingerprint density at radius 2 is 1.90 bits per heavy atom. The van der Waals surface area contributed by atoms with Crippen LogP contribution in [0.4, 0.5) is 0 Å². The highest BCUT2D eigenvalue weighted by molar-refractivity contribution is 5.23. The largest absolute Gasteiger partial charge is 0.255 e. The van der Waals surface area contributed by atoms with Crippen molar-refractivity contribution in [3.63, 3.8) is 0 Å². The van der Waals surface area contributed by atoms with Crippen molar-refractivity contribution in [3.05, 3.63) is 30.2 Å². The number of hydrogen-bond donors (Lipinski definition) is 1. The van der Waals surface area contributed by atoms with Crippen LogP contribution in [0.2, 0.25) is 0 Å². The Morgan fingerprint density at radius 1 is 1.30 bits per heavy atom. The third kappa shape index (κ3) is 5.57. The van der Waals surface area contributed by atoms with E-state index >= 15 is 0 Å². The van der Waals surface area contributed by atoms with Crippen molar-refractivity contribution in [2.75, 3.05) is 0 Å². The normalized spacial score (nSPS) is 14.1. The van der Waals surface area contributed by atoms with E-state index in [1.54, 1.807) is 0 Å². The number of allylic oxidation sites excluding steroid dienone is 4. The lowest BCUT2D eigenvalue weighted by molar-refractivity contribution is 0.824. The quantitative estimate of drug-likeness (QED) is 0.536. The molecule has 1 aliphatic rings. The molecule has 0 bridgehead atoms. The van der Waals surface area contributed by atoms with Crippen LogP contribution in [0.1, 0.15) is 27.2 Å². The van der Waals surface area contributed by atoms with Crippen molar-refractivity contribution >= 4 is 0 Å². The highest BCUT2D eigenvalue weighted by Gasteiger charge is 1.89. The summed E-state index contributed by atoms with van der Waals surface area (Å²) in [6, 6.07) is 0. The molecule has 0 amide bonds. The summed E-state index contributed by atoms with van der Waals surface area (Å²) in [5.41, 5.74) is 1.38. The van der Waals surface area contributed by atoms with E-state index in [2.05, 4.69) is 31.6 Å². The van der Waals surface area contributed by atoms with E-state index in [1.807, 2.05) is 13.8 Å². The Kier molecular flexibility index (Phi) is 10.3. The standard InChI is InChI=1S/C7H9.C2H6.HO/c1-7-5-3-2-4-6-7;1-2;/h2-3,5-6H,4H2,1H3;1-2H3;1H. The molecule has 1 nitrogen and oxygen atoms in total. The predicted octanol–water partition coefficient (Wildman–Crippen LogP) is 2.95.